The van der Waals surface area contributed by atoms with Crippen LogP contribution in [0.3, 0.4) is 0 Å². The smallest absolute Gasteiger partial charge is 0.328 e. The van der Waals surface area contributed by atoms with Crippen molar-refractivity contribution in [2.24, 2.45) is 0 Å². The number of ether oxygens (including phenoxy) is 1. The predicted octanol–water partition coefficient (Wildman–Crippen LogP) is 1.89. The van der Waals surface area contributed by atoms with Gasteiger partial charge in [-0.05, 0) is 23.8 Å². The number of rotatable bonds is 8. The van der Waals surface area contributed by atoms with E-state index in [9.17, 15) is 4.79 Å². The molecule has 0 aliphatic rings. The maximum atomic E-state index is 10.4. The molecule has 0 radical (unpaired) electrons. The minimum Gasteiger partial charge on any atom is -0.493 e. The molecule has 1 aromatic carbocycles. The number of hydrogen-bond acceptors (Lipinski definition) is 4. The molecule has 0 aromatic heterocycles. The number of carboxylic acids is 1. The maximum Gasteiger partial charge on any atom is 0.328 e. The summed E-state index contributed by atoms with van der Waals surface area (Å²) >= 11 is 1.62. The highest BCUT2D eigenvalue weighted by molar-refractivity contribution is 7.99. The molecule has 18 heavy (non-hydrogen) atoms. The minimum absolute atomic E-state index is 0.181. The lowest BCUT2D eigenvalue weighted by Crippen LogP contribution is -2.01. The fourth-order valence-corrected chi connectivity index (χ4v) is 1.79. The third-order valence-electron chi connectivity index (χ3n) is 2.01. The molecule has 0 amide bonds. The molecule has 0 saturated carbocycles. The zero-order valence-corrected chi connectivity index (χ0v) is 10.7. The normalized spacial score (nSPS) is 10.7. The summed E-state index contributed by atoms with van der Waals surface area (Å²) in [5.74, 6) is 1.27. The van der Waals surface area contributed by atoms with Crippen LogP contribution < -0.4 is 4.74 Å². The maximum absolute atomic E-state index is 10.4. The van der Waals surface area contributed by atoms with Crippen LogP contribution in [0.2, 0.25) is 0 Å². The standard InChI is InChI=1S/C13H16O4S/c14-6-8-18-9-7-17-12-3-1-2-11(10-12)4-5-13(15)16/h1-5,10,14H,6-9H2,(H,15,16). The Labute approximate surface area is 110 Å². The molecule has 0 atom stereocenters. The number of hydrogen-bond donors (Lipinski definition) is 2. The topological polar surface area (TPSA) is 66.8 Å². The molecular weight excluding hydrogens is 252 g/mol. The molecule has 5 heteroatoms. The summed E-state index contributed by atoms with van der Waals surface area (Å²) in [5, 5.41) is 17.1. The van der Waals surface area contributed by atoms with Crippen molar-refractivity contribution in [2.45, 2.75) is 0 Å². The molecule has 0 unspecified atom stereocenters. The van der Waals surface area contributed by atoms with E-state index < -0.39 is 5.97 Å². The van der Waals surface area contributed by atoms with Crippen LogP contribution in [-0.4, -0.2) is 40.9 Å². The van der Waals surface area contributed by atoms with Crippen molar-refractivity contribution in [3.63, 3.8) is 0 Å². The molecule has 0 saturated heterocycles. The van der Waals surface area contributed by atoms with Crippen LogP contribution in [0.1, 0.15) is 5.56 Å². The van der Waals surface area contributed by atoms with Gasteiger partial charge in [-0.3, -0.25) is 0 Å². The first-order chi connectivity index (χ1) is 8.72. The van der Waals surface area contributed by atoms with Gasteiger partial charge in [-0.25, -0.2) is 4.79 Å². The first kappa shape index (κ1) is 14.6. The summed E-state index contributed by atoms with van der Waals surface area (Å²) in [6.45, 7) is 0.747. The number of carbonyl (C=O) groups is 1. The zero-order valence-electron chi connectivity index (χ0n) is 9.91. The number of aliphatic hydroxyl groups excluding tert-OH is 1. The van der Waals surface area contributed by atoms with E-state index in [0.29, 0.717) is 18.1 Å². The Morgan fingerprint density at radius 2 is 2.22 bits per heavy atom. The summed E-state index contributed by atoms with van der Waals surface area (Å²) in [6, 6.07) is 7.25. The van der Waals surface area contributed by atoms with Crippen molar-refractivity contribution in [3.8, 4) is 5.75 Å². The molecule has 0 spiro atoms. The van der Waals surface area contributed by atoms with Gasteiger partial charge in [0.2, 0.25) is 0 Å². The number of thioether (sulfide) groups is 1. The number of aliphatic hydroxyl groups is 1. The lowest BCUT2D eigenvalue weighted by Gasteiger charge is -2.06. The lowest BCUT2D eigenvalue weighted by atomic mass is 10.2. The van der Waals surface area contributed by atoms with Crippen LogP contribution in [0, 0.1) is 0 Å². The van der Waals surface area contributed by atoms with Gasteiger partial charge in [0, 0.05) is 17.6 Å². The molecular formula is C13H16O4S. The number of benzene rings is 1. The van der Waals surface area contributed by atoms with Gasteiger partial charge in [0.05, 0.1) is 13.2 Å². The van der Waals surface area contributed by atoms with E-state index >= 15 is 0 Å². The van der Waals surface area contributed by atoms with Gasteiger partial charge in [-0.15, -0.1) is 0 Å². The second-order valence-electron chi connectivity index (χ2n) is 3.43. The van der Waals surface area contributed by atoms with Crippen molar-refractivity contribution < 1.29 is 19.7 Å². The average Bonchev–Trinajstić information content (AvgIpc) is 2.37. The van der Waals surface area contributed by atoms with Gasteiger partial charge in [-0.1, -0.05) is 12.1 Å². The zero-order chi connectivity index (χ0) is 13.2. The Balaban J connectivity index is 2.42. The van der Waals surface area contributed by atoms with Gasteiger partial charge >= 0.3 is 5.97 Å². The highest BCUT2D eigenvalue weighted by atomic mass is 32.2. The van der Waals surface area contributed by atoms with Crippen molar-refractivity contribution in [3.05, 3.63) is 35.9 Å². The van der Waals surface area contributed by atoms with Gasteiger partial charge in [0.1, 0.15) is 5.75 Å². The third-order valence-corrected chi connectivity index (χ3v) is 2.94. The lowest BCUT2D eigenvalue weighted by molar-refractivity contribution is -0.131. The van der Waals surface area contributed by atoms with Gasteiger partial charge in [0.25, 0.3) is 0 Å². The van der Waals surface area contributed by atoms with Crippen LogP contribution in [0.25, 0.3) is 6.08 Å². The van der Waals surface area contributed by atoms with Gasteiger partial charge in [-0.2, -0.15) is 11.8 Å². The molecule has 0 aliphatic carbocycles. The van der Waals surface area contributed by atoms with Crippen LogP contribution in [0.5, 0.6) is 5.75 Å². The second-order valence-corrected chi connectivity index (χ2v) is 4.65. The molecule has 0 bridgehead atoms. The highest BCUT2D eigenvalue weighted by Crippen LogP contribution is 2.15. The van der Waals surface area contributed by atoms with Gasteiger partial charge < -0.3 is 14.9 Å². The molecule has 0 heterocycles. The second kappa shape index (κ2) is 8.60. The van der Waals surface area contributed by atoms with Crippen molar-refractivity contribution >= 4 is 23.8 Å². The molecule has 4 nitrogen and oxygen atoms in total. The van der Waals surface area contributed by atoms with Crippen molar-refractivity contribution in [1.82, 2.24) is 0 Å². The highest BCUT2D eigenvalue weighted by Gasteiger charge is 1.96. The summed E-state index contributed by atoms with van der Waals surface area (Å²) in [5.41, 5.74) is 0.790. The molecule has 98 valence electrons. The summed E-state index contributed by atoms with van der Waals surface area (Å²) < 4.78 is 5.52. The van der Waals surface area contributed by atoms with E-state index in [1.807, 2.05) is 18.2 Å². The largest absolute Gasteiger partial charge is 0.493 e. The van der Waals surface area contributed by atoms with E-state index in [0.717, 1.165) is 17.4 Å². The fourth-order valence-electron chi connectivity index (χ4n) is 1.26. The minimum atomic E-state index is -0.971. The van der Waals surface area contributed by atoms with Crippen LogP contribution in [0.15, 0.2) is 30.3 Å². The Kier molecular flexibility index (Phi) is 6.98. The summed E-state index contributed by atoms with van der Waals surface area (Å²) in [7, 11) is 0. The van der Waals surface area contributed by atoms with E-state index in [1.165, 1.54) is 6.08 Å². The molecule has 2 N–H and O–H groups in total. The number of carboxylic acid groups (broad SMARTS) is 1. The first-order valence-corrected chi connectivity index (χ1v) is 6.70. The molecule has 1 rings (SSSR count). The monoisotopic (exact) mass is 268 g/mol. The van der Waals surface area contributed by atoms with E-state index in [2.05, 4.69) is 0 Å². The van der Waals surface area contributed by atoms with Gasteiger partial charge in [0.15, 0.2) is 0 Å². The number of aliphatic carboxylic acids is 1. The molecule has 1 aromatic rings. The van der Waals surface area contributed by atoms with E-state index in [1.54, 1.807) is 17.8 Å². The SMILES string of the molecule is O=C(O)C=Cc1cccc(OCCSCCO)c1. The van der Waals surface area contributed by atoms with Crippen LogP contribution in [-0.2, 0) is 4.79 Å². The Morgan fingerprint density at radius 3 is 2.94 bits per heavy atom. The Bertz CT molecular complexity index is 404. The molecule has 0 aliphatic heterocycles. The van der Waals surface area contributed by atoms with Crippen LogP contribution in [0.4, 0.5) is 0 Å². The predicted molar refractivity (Wildman–Crippen MR) is 73.0 cm³/mol. The van der Waals surface area contributed by atoms with Crippen molar-refractivity contribution in [1.29, 1.82) is 0 Å². The Morgan fingerprint density at radius 1 is 1.39 bits per heavy atom. The quantitative estimate of drug-likeness (QED) is 0.556. The first-order valence-electron chi connectivity index (χ1n) is 5.55. The van der Waals surface area contributed by atoms with E-state index in [-0.39, 0.29) is 6.61 Å². The van der Waals surface area contributed by atoms with E-state index in [4.69, 9.17) is 14.9 Å². The third kappa shape index (κ3) is 6.32. The Hall–Kier alpha value is -1.46. The summed E-state index contributed by atoms with van der Waals surface area (Å²) in [4.78, 5) is 10.4. The summed E-state index contributed by atoms with van der Waals surface area (Å²) in [6.07, 6.45) is 2.62. The van der Waals surface area contributed by atoms with Crippen molar-refractivity contribution in [2.75, 3.05) is 24.7 Å². The molecule has 0 fully saturated rings. The fraction of sp³-hybridized carbons (Fsp3) is 0.308. The average molecular weight is 268 g/mol. The van der Waals surface area contributed by atoms with Crippen LogP contribution >= 0.6 is 11.8 Å².